The van der Waals surface area contributed by atoms with Crippen molar-refractivity contribution in [2.24, 2.45) is 0 Å². The predicted molar refractivity (Wildman–Crippen MR) is 128 cm³/mol. The maximum Gasteiger partial charge on any atom is 0.261 e. The third-order valence-corrected chi connectivity index (χ3v) is 6.95. The molecule has 0 saturated heterocycles. The molecule has 3 aromatic carbocycles. The second kappa shape index (κ2) is 8.71. The Morgan fingerprint density at radius 3 is 2.30 bits per heavy atom. The van der Waals surface area contributed by atoms with Crippen LogP contribution in [0.15, 0.2) is 65.6 Å². The molecule has 0 fully saturated rings. The maximum absolute atomic E-state index is 13.7. The first-order valence-corrected chi connectivity index (χ1v) is 11.9. The van der Waals surface area contributed by atoms with E-state index in [1.807, 2.05) is 39.0 Å². The van der Waals surface area contributed by atoms with Crippen molar-refractivity contribution in [1.82, 2.24) is 4.98 Å². The number of fused-ring (bicyclic) bond motifs is 1. The number of amides is 1. The first-order valence-electron chi connectivity index (χ1n) is 10.4. The lowest BCUT2D eigenvalue weighted by atomic mass is 10.1. The van der Waals surface area contributed by atoms with E-state index >= 15 is 0 Å². The number of H-pyrrole nitrogens is 1. The van der Waals surface area contributed by atoms with E-state index in [1.165, 1.54) is 24.3 Å². The summed E-state index contributed by atoms with van der Waals surface area (Å²) in [5, 5.41) is 3.44. The van der Waals surface area contributed by atoms with Crippen LogP contribution in [0.3, 0.4) is 0 Å². The molecule has 0 bridgehead atoms. The van der Waals surface area contributed by atoms with E-state index < -0.39 is 10.0 Å². The van der Waals surface area contributed by atoms with Crippen LogP contribution in [0, 0.1) is 26.6 Å². The number of benzene rings is 3. The molecule has 33 heavy (non-hydrogen) atoms. The smallest absolute Gasteiger partial charge is 0.261 e. The Morgan fingerprint density at radius 2 is 1.64 bits per heavy atom. The number of aryl methyl sites for hydroxylation is 3. The number of hydrogen-bond acceptors (Lipinski definition) is 3. The number of nitrogens with one attached hydrogen (secondary N) is 3. The van der Waals surface area contributed by atoms with Gasteiger partial charge in [0.1, 0.15) is 5.82 Å². The van der Waals surface area contributed by atoms with Crippen molar-refractivity contribution in [2.45, 2.75) is 32.1 Å². The van der Waals surface area contributed by atoms with Crippen LogP contribution in [0.4, 0.5) is 15.8 Å². The zero-order valence-electron chi connectivity index (χ0n) is 18.5. The first-order chi connectivity index (χ1) is 15.6. The average molecular weight is 466 g/mol. The quantitative estimate of drug-likeness (QED) is 0.365. The number of carbonyl (C=O) groups excluding carboxylic acids is 1. The Hall–Kier alpha value is -3.65. The molecule has 1 amide bonds. The van der Waals surface area contributed by atoms with Gasteiger partial charge in [0.2, 0.25) is 5.91 Å². The van der Waals surface area contributed by atoms with Gasteiger partial charge < -0.3 is 10.3 Å². The molecule has 8 heteroatoms. The molecule has 0 aliphatic rings. The van der Waals surface area contributed by atoms with E-state index in [4.69, 9.17) is 0 Å². The molecule has 4 rings (SSSR count). The van der Waals surface area contributed by atoms with E-state index in [2.05, 4.69) is 15.0 Å². The summed E-state index contributed by atoms with van der Waals surface area (Å²) in [6.07, 6.45) is 0.0590. The van der Waals surface area contributed by atoms with E-state index in [1.54, 1.807) is 18.2 Å². The minimum absolute atomic E-state index is 0.0590. The second-order valence-corrected chi connectivity index (χ2v) is 9.72. The van der Waals surface area contributed by atoms with Crippen LogP contribution in [0.2, 0.25) is 0 Å². The van der Waals surface area contributed by atoms with E-state index in [0.717, 1.165) is 27.9 Å². The van der Waals surface area contributed by atoms with Crippen LogP contribution in [-0.2, 0) is 21.2 Å². The van der Waals surface area contributed by atoms with Gasteiger partial charge >= 0.3 is 0 Å². The standard InChI is InChI=1S/C25H24FN3O3S/c1-15-5-4-6-16(2)25(15)29-33(31,32)20-10-8-19(9-11-20)28-24(30)14-21-17(3)27-23-12-7-18(26)13-22(21)23/h4-13,27,29H,14H2,1-3H3,(H,28,30). The van der Waals surface area contributed by atoms with Crippen LogP contribution in [0.25, 0.3) is 10.9 Å². The van der Waals surface area contributed by atoms with Gasteiger partial charge in [-0.25, -0.2) is 12.8 Å². The highest BCUT2D eigenvalue weighted by molar-refractivity contribution is 7.92. The SMILES string of the molecule is Cc1cccc(C)c1NS(=O)(=O)c1ccc(NC(=O)Cc2c(C)[nH]c3ccc(F)cc23)cc1. The van der Waals surface area contributed by atoms with Gasteiger partial charge in [0, 0.05) is 22.3 Å². The molecule has 0 unspecified atom stereocenters. The van der Waals surface area contributed by atoms with Gasteiger partial charge in [-0.15, -0.1) is 0 Å². The van der Waals surface area contributed by atoms with E-state index in [9.17, 15) is 17.6 Å². The summed E-state index contributed by atoms with van der Waals surface area (Å²) in [5.74, 6) is -0.651. The highest BCUT2D eigenvalue weighted by Gasteiger charge is 2.17. The minimum atomic E-state index is -3.78. The molecule has 0 atom stereocenters. The van der Waals surface area contributed by atoms with Crippen molar-refractivity contribution in [3.05, 3.63) is 88.9 Å². The number of aromatic nitrogens is 1. The number of anilines is 2. The van der Waals surface area contributed by atoms with E-state index in [0.29, 0.717) is 16.8 Å². The summed E-state index contributed by atoms with van der Waals surface area (Å²) in [4.78, 5) is 15.9. The molecular formula is C25H24FN3O3S. The predicted octanol–water partition coefficient (Wildman–Crippen LogP) is 5.21. The monoisotopic (exact) mass is 465 g/mol. The molecule has 1 aromatic heterocycles. The largest absolute Gasteiger partial charge is 0.358 e. The second-order valence-electron chi connectivity index (χ2n) is 8.04. The molecule has 0 aliphatic heterocycles. The highest BCUT2D eigenvalue weighted by Crippen LogP contribution is 2.26. The minimum Gasteiger partial charge on any atom is -0.358 e. The Bertz CT molecular complexity index is 1440. The maximum atomic E-state index is 13.7. The number of rotatable bonds is 6. The number of para-hydroxylation sites is 1. The van der Waals surface area contributed by atoms with E-state index in [-0.39, 0.29) is 23.0 Å². The van der Waals surface area contributed by atoms with Crippen LogP contribution >= 0.6 is 0 Å². The zero-order chi connectivity index (χ0) is 23.8. The number of aromatic amines is 1. The van der Waals surface area contributed by atoms with Crippen molar-refractivity contribution >= 4 is 38.2 Å². The number of halogens is 1. The lowest BCUT2D eigenvalue weighted by Crippen LogP contribution is -2.16. The average Bonchev–Trinajstić information content (AvgIpc) is 3.06. The van der Waals surface area contributed by atoms with Crippen molar-refractivity contribution in [3.63, 3.8) is 0 Å². The van der Waals surface area contributed by atoms with Gasteiger partial charge in [-0.3, -0.25) is 9.52 Å². The molecule has 0 saturated carbocycles. The Kier molecular flexibility index (Phi) is 5.95. The molecule has 6 nitrogen and oxygen atoms in total. The lowest BCUT2D eigenvalue weighted by Gasteiger charge is -2.13. The molecule has 4 aromatic rings. The topological polar surface area (TPSA) is 91.1 Å². The molecule has 3 N–H and O–H groups in total. The molecule has 1 heterocycles. The first kappa shape index (κ1) is 22.5. The van der Waals surface area contributed by atoms with Gasteiger partial charge in [0.05, 0.1) is 17.0 Å². The Balaban J connectivity index is 1.48. The Labute approximate surface area is 191 Å². The summed E-state index contributed by atoms with van der Waals surface area (Å²) in [5.41, 5.74) is 4.96. The fourth-order valence-corrected chi connectivity index (χ4v) is 5.04. The van der Waals surface area contributed by atoms with Gasteiger partial charge in [0.25, 0.3) is 10.0 Å². The Morgan fingerprint density at radius 1 is 0.970 bits per heavy atom. The summed E-state index contributed by atoms with van der Waals surface area (Å²) in [6.45, 7) is 5.52. The van der Waals surface area contributed by atoms with Crippen molar-refractivity contribution in [2.75, 3.05) is 10.0 Å². The molecule has 0 radical (unpaired) electrons. The van der Waals surface area contributed by atoms with Gasteiger partial charge in [-0.1, -0.05) is 18.2 Å². The van der Waals surface area contributed by atoms with Gasteiger partial charge in [0.15, 0.2) is 0 Å². The number of sulfonamides is 1. The third-order valence-electron chi connectivity index (χ3n) is 5.58. The van der Waals surface area contributed by atoms with Crippen LogP contribution in [0.1, 0.15) is 22.4 Å². The summed E-state index contributed by atoms with van der Waals surface area (Å²) >= 11 is 0. The summed E-state index contributed by atoms with van der Waals surface area (Å²) in [7, 11) is -3.78. The van der Waals surface area contributed by atoms with Gasteiger partial charge in [-0.05, 0) is 79.9 Å². The van der Waals surface area contributed by atoms with Crippen molar-refractivity contribution in [1.29, 1.82) is 0 Å². The normalized spacial score (nSPS) is 11.5. The lowest BCUT2D eigenvalue weighted by molar-refractivity contribution is -0.115. The zero-order valence-corrected chi connectivity index (χ0v) is 19.3. The highest BCUT2D eigenvalue weighted by atomic mass is 32.2. The fourth-order valence-electron chi connectivity index (χ4n) is 3.83. The van der Waals surface area contributed by atoms with Crippen LogP contribution in [0.5, 0.6) is 0 Å². The van der Waals surface area contributed by atoms with Crippen molar-refractivity contribution in [3.8, 4) is 0 Å². The third kappa shape index (κ3) is 4.75. The summed E-state index contributed by atoms with van der Waals surface area (Å²) < 4.78 is 41.9. The van der Waals surface area contributed by atoms with Crippen molar-refractivity contribution < 1.29 is 17.6 Å². The molecular weight excluding hydrogens is 441 g/mol. The molecule has 0 spiro atoms. The fraction of sp³-hybridized carbons (Fsp3) is 0.160. The van der Waals surface area contributed by atoms with Crippen LogP contribution < -0.4 is 10.0 Å². The van der Waals surface area contributed by atoms with Gasteiger partial charge in [-0.2, -0.15) is 0 Å². The number of carbonyl (C=O) groups is 1. The number of hydrogen-bond donors (Lipinski definition) is 3. The molecule has 170 valence electrons. The summed E-state index contributed by atoms with van der Waals surface area (Å²) in [6, 6.07) is 15.9. The molecule has 0 aliphatic carbocycles. The van der Waals surface area contributed by atoms with Crippen LogP contribution in [-0.4, -0.2) is 19.3 Å².